The molecule has 0 amide bonds. The van der Waals surface area contributed by atoms with Gasteiger partial charge in [-0.3, -0.25) is 9.69 Å². The van der Waals surface area contributed by atoms with Crippen molar-refractivity contribution in [2.24, 2.45) is 0 Å². The van der Waals surface area contributed by atoms with Gasteiger partial charge in [0.05, 0.1) is 17.2 Å². The molecule has 3 aliphatic heterocycles. The number of nitrogens with zero attached hydrogens (tertiary/aromatic N) is 3. The van der Waals surface area contributed by atoms with Crippen LogP contribution in [0.5, 0.6) is 0 Å². The molecule has 1 aromatic heterocycles. The Balaban J connectivity index is 1.79. The molecule has 2 aromatic rings. The molecule has 136 valence electrons. The Bertz CT molecular complexity index is 1000. The topological polar surface area (TPSA) is 65.8 Å². The largest absolute Gasteiger partial charge is 0.477 e. The zero-order valence-electron chi connectivity index (χ0n) is 14.5. The van der Waals surface area contributed by atoms with Crippen LogP contribution >= 0.6 is 0 Å². The van der Waals surface area contributed by atoms with Gasteiger partial charge in [0.1, 0.15) is 11.4 Å². The molecule has 0 atom stereocenters. The van der Waals surface area contributed by atoms with Gasteiger partial charge in [-0.2, -0.15) is 0 Å². The van der Waals surface area contributed by atoms with Gasteiger partial charge >= 0.3 is 5.97 Å². The Morgan fingerprint density at radius 3 is 2.54 bits per heavy atom. The molecule has 0 spiro atoms. The van der Waals surface area contributed by atoms with E-state index in [1.54, 1.807) is 0 Å². The molecule has 3 saturated heterocycles. The number of pyridine rings is 1. The van der Waals surface area contributed by atoms with E-state index < -0.39 is 17.2 Å². The van der Waals surface area contributed by atoms with Crippen molar-refractivity contribution >= 4 is 22.6 Å². The Morgan fingerprint density at radius 1 is 1.23 bits per heavy atom. The fourth-order valence-corrected chi connectivity index (χ4v) is 4.46. The summed E-state index contributed by atoms with van der Waals surface area (Å²) in [4.78, 5) is 28.6. The summed E-state index contributed by atoms with van der Waals surface area (Å²) in [6.07, 6.45) is 3.34. The summed E-state index contributed by atoms with van der Waals surface area (Å²) in [5.41, 5.74) is 1.09. The first kappa shape index (κ1) is 15.8. The normalized spacial score (nSPS) is 24.6. The number of fused-ring (bicyclic) bond motifs is 3. The highest BCUT2D eigenvalue weighted by Crippen LogP contribution is 2.41. The van der Waals surface area contributed by atoms with Crippen molar-refractivity contribution in [3.05, 3.63) is 39.4 Å². The van der Waals surface area contributed by atoms with Crippen LogP contribution in [0.3, 0.4) is 0 Å². The molecular formula is C19H20FN3O3. The highest BCUT2D eigenvalue weighted by atomic mass is 19.1. The third kappa shape index (κ3) is 2.13. The number of aromatic carboxylic acids is 1. The van der Waals surface area contributed by atoms with Crippen molar-refractivity contribution in [3.63, 3.8) is 0 Å². The lowest BCUT2D eigenvalue weighted by atomic mass is 9.98. The lowest BCUT2D eigenvalue weighted by molar-refractivity contribution is 0.0695. The van der Waals surface area contributed by atoms with Gasteiger partial charge in [0.2, 0.25) is 5.43 Å². The Labute approximate surface area is 149 Å². The van der Waals surface area contributed by atoms with E-state index in [4.69, 9.17) is 0 Å². The van der Waals surface area contributed by atoms with Gasteiger partial charge in [-0.1, -0.05) is 0 Å². The molecule has 6 rings (SSSR count). The van der Waals surface area contributed by atoms with Crippen LogP contribution in [-0.4, -0.2) is 52.8 Å². The maximum Gasteiger partial charge on any atom is 0.341 e. The van der Waals surface area contributed by atoms with Gasteiger partial charge in [0.15, 0.2) is 0 Å². The van der Waals surface area contributed by atoms with E-state index in [1.807, 2.05) is 11.5 Å². The molecule has 1 aromatic carbocycles. The number of carboxylic acid groups (broad SMARTS) is 1. The van der Waals surface area contributed by atoms with Crippen molar-refractivity contribution in [2.45, 2.75) is 31.8 Å². The fraction of sp³-hybridized carbons (Fsp3) is 0.474. The number of carbonyl (C=O) groups is 1. The predicted octanol–water partition coefficient (Wildman–Crippen LogP) is 1.99. The fourth-order valence-electron chi connectivity index (χ4n) is 4.46. The second kappa shape index (κ2) is 5.30. The predicted molar refractivity (Wildman–Crippen MR) is 95.7 cm³/mol. The minimum Gasteiger partial charge on any atom is -0.477 e. The van der Waals surface area contributed by atoms with Crippen molar-refractivity contribution < 1.29 is 14.3 Å². The van der Waals surface area contributed by atoms with Crippen molar-refractivity contribution in [2.75, 3.05) is 31.1 Å². The SMILES string of the molecule is Cc1c(N2CCN3CC2C3)c(F)cc2c(=O)c(C(=O)O)cn(C3CC3)c12. The van der Waals surface area contributed by atoms with Gasteiger partial charge in [-0.05, 0) is 31.4 Å². The summed E-state index contributed by atoms with van der Waals surface area (Å²) in [6.45, 7) is 5.44. The van der Waals surface area contributed by atoms with E-state index in [-0.39, 0.29) is 17.0 Å². The molecule has 2 bridgehead atoms. The Hall–Kier alpha value is -2.41. The molecule has 4 fully saturated rings. The molecule has 7 heteroatoms. The molecule has 0 unspecified atom stereocenters. The quantitative estimate of drug-likeness (QED) is 0.910. The first-order valence-electron chi connectivity index (χ1n) is 9.06. The average molecular weight is 357 g/mol. The summed E-state index contributed by atoms with van der Waals surface area (Å²) in [7, 11) is 0. The first-order valence-corrected chi connectivity index (χ1v) is 9.06. The zero-order chi connectivity index (χ0) is 18.2. The van der Waals surface area contributed by atoms with Crippen LogP contribution in [0, 0.1) is 12.7 Å². The lowest BCUT2D eigenvalue weighted by Gasteiger charge is -2.52. The van der Waals surface area contributed by atoms with E-state index in [1.165, 1.54) is 12.3 Å². The molecule has 1 N–H and O–H groups in total. The van der Waals surface area contributed by atoms with Gasteiger partial charge < -0.3 is 14.6 Å². The monoisotopic (exact) mass is 357 g/mol. The highest BCUT2D eigenvalue weighted by Gasteiger charge is 2.39. The maximum atomic E-state index is 15.1. The summed E-state index contributed by atoms with van der Waals surface area (Å²) in [5, 5.41) is 9.54. The summed E-state index contributed by atoms with van der Waals surface area (Å²) < 4.78 is 17.0. The molecule has 6 nitrogen and oxygen atoms in total. The minimum absolute atomic E-state index is 0.169. The number of aromatic nitrogens is 1. The standard InChI is InChI=1S/C19H20FN3O3/c1-10-16-13(18(24)14(19(25)26)9-23(16)11-2-3-11)6-15(20)17(10)22-5-4-21-7-12(22)8-21/h6,9,11-12H,2-5,7-8H2,1H3,(H,25,26). The number of benzene rings is 1. The molecule has 4 aliphatic rings. The zero-order valence-corrected chi connectivity index (χ0v) is 14.5. The number of anilines is 1. The van der Waals surface area contributed by atoms with Gasteiger partial charge in [0.25, 0.3) is 0 Å². The van der Waals surface area contributed by atoms with Crippen LogP contribution < -0.4 is 10.3 Å². The van der Waals surface area contributed by atoms with E-state index in [2.05, 4.69) is 9.80 Å². The second-order valence-corrected chi connectivity index (χ2v) is 7.65. The summed E-state index contributed by atoms with van der Waals surface area (Å²) in [6, 6.07) is 1.75. The third-order valence-corrected chi connectivity index (χ3v) is 5.97. The first-order chi connectivity index (χ1) is 12.5. The van der Waals surface area contributed by atoms with Crippen LogP contribution in [0.15, 0.2) is 17.1 Å². The summed E-state index contributed by atoms with van der Waals surface area (Å²) in [5.74, 6) is -1.70. The third-order valence-electron chi connectivity index (χ3n) is 5.97. The van der Waals surface area contributed by atoms with Crippen LogP contribution in [0.1, 0.15) is 34.8 Å². The molecule has 1 aliphatic carbocycles. The van der Waals surface area contributed by atoms with Crippen LogP contribution in [0.4, 0.5) is 10.1 Å². The van der Waals surface area contributed by atoms with Gasteiger partial charge in [0, 0.05) is 43.8 Å². The number of rotatable bonds is 3. The number of hydrogen-bond acceptors (Lipinski definition) is 4. The molecular weight excluding hydrogens is 337 g/mol. The molecule has 26 heavy (non-hydrogen) atoms. The summed E-state index contributed by atoms with van der Waals surface area (Å²) >= 11 is 0. The van der Waals surface area contributed by atoms with Crippen molar-refractivity contribution in [1.82, 2.24) is 9.47 Å². The van der Waals surface area contributed by atoms with Crippen LogP contribution in [0.2, 0.25) is 0 Å². The lowest BCUT2D eigenvalue weighted by Crippen LogP contribution is -2.67. The average Bonchev–Trinajstić information content (AvgIpc) is 3.40. The van der Waals surface area contributed by atoms with Crippen LogP contribution in [0.25, 0.3) is 10.9 Å². The van der Waals surface area contributed by atoms with E-state index in [0.29, 0.717) is 17.2 Å². The highest BCUT2D eigenvalue weighted by molar-refractivity contribution is 5.95. The molecule has 1 saturated carbocycles. The van der Waals surface area contributed by atoms with E-state index >= 15 is 4.39 Å². The Kier molecular flexibility index (Phi) is 3.22. The van der Waals surface area contributed by atoms with Crippen molar-refractivity contribution in [1.29, 1.82) is 0 Å². The van der Waals surface area contributed by atoms with Gasteiger partial charge in [-0.15, -0.1) is 0 Å². The second-order valence-electron chi connectivity index (χ2n) is 7.65. The number of halogens is 1. The Morgan fingerprint density at radius 2 is 1.96 bits per heavy atom. The number of piperazine rings is 2. The number of carboxylic acids is 1. The van der Waals surface area contributed by atoms with Gasteiger partial charge in [-0.25, -0.2) is 9.18 Å². The molecule has 4 heterocycles. The van der Waals surface area contributed by atoms with E-state index in [0.717, 1.165) is 44.6 Å². The smallest absolute Gasteiger partial charge is 0.341 e. The van der Waals surface area contributed by atoms with E-state index in [9.17, 15) is 14.7 Å². The van der Waals surface area contributed by atoms with Crippen molar-refractivity contribution in [3.8, 4) is 0 Å². The van der Waals surface area contributed by atoms with Crippen LogP contribution in [-0.2, 0) is 0 Å². The molecule has 0 radical (unpaired) electrons. The maximum absolute atomic E-state index is 15.1. The number of hydrogen-bond donors (Lipinski definition) is 1. The number of aryl methyl sites for hydroxylation is 1. The minimum atomic E-state index is -1.26.